The van der Waals surface area contributed by atoms with Crippen LogP contribution in [0.4, 0.5) is 0 Å². The van der Waals surface area contributed by atoms with E-state index in [0.29, 0.717) is 11.8 Å². The van der Waals surface area contributed by atoms with E-state index in [4.69, 9.17) is 9.47 Å². The van der Waals surface area contributed by atoms with Gasteiger partial charge in [0.25, 0.3) is 0 Å². The Morgan fingerprint density at radius 3 is 2.44 bits per heavy atom. The Kier molecular flexibility index (Phi) is 6.09. The van der Waals surface area contributed by atoms with Crippen molar-refractivity contribution in [1.82, 2.24) is 0 Å². The average Bonchev–Trinajstić information content (AvgIpc) is 2.80. The van der Waals surface area contributed by atoms with Crippen LogP contribution in [0.3, 0.4) is 0 Å². The molecule has 0 unspecified atom stereocenters. The Morgan fingerprint density at radius 1 is 0.906 bits per heavy atom. The minimum Gasteiger partial charge on any atom is -0.490 e. The molecule has 5 rings (SSSR count). The second-order valence-corrected chi connectivity index (χ2v) is 9.14. The molecule has 1 saturated carbocycles. The molecular formula is C29H30O3. The first-order valence-corrected chi connectivity index (χ1v) is 11.7. The molecule has 0 saturated heterocycles. The van der Waals surface area contributed by atoms with Crippen molar-refractivity contribution in [2.45, 2.75) is 56.7 Å². The highest BCUT2D eigenvalue weighted by Gasteiger charge is 2.33. The van der Waals surface area contributed by atoms with E-state index in [1.54, 1.807) is 0 Å². The maximum absolute atomic E-state index is 10.4. The second-order valence-electron chi connectivity index (χ2n) is 9.14. The Labute approximate surface area is 190 Å². The molecule has 32 heavy (non-hydrogen) atoms. The van der Waals surface area contributed by atoms with Crippen molar-refractivity contribution >= 4 is 6.29 Å². The fraction of sp³-hybridized carbons (Fsp3) is 0.345. The Bertz CT molecular complexity index is 1050. The van der Waals surface area contributed by atoms with E-state index in [2.05, 4.69) is 79.7 Å². The molecular weight excluding hydrogens is 396 g/mol. The second kappa shape index (κ2) is 9.30. The number of fused-ring (bicyclic) bond motifs is 1. The van der Waals surface area contributed by atoms with Crippen LogP contribution < -0.4 is 4.74 Å². The summed E-state index contributed by atoms with van der Waals surface area (Å²) in [5.41, 5.74) is 7.04. The smallest absolute Gasteiger partial charge is 0.145 e. The molecule has 0 N–H and O–H groups in total. The normalized spacial score (nSPS) is 24.3. The third-order valence-electron chi connectivity index (χ3n) is 6.98. The summed E-state index contributed by atoms with van der Waals surface area (Å²) < 4.78 is 11.6. The first-order chi connectivity index (χ1) is 15.7. The monoisotopic (exact) mass is 426 g/mol. The highest BCUT2D eigenvalue weighted by molar-refractivity contribution is 5.50. The fourth-order valence-electron chi connectivity index (χ4n) is 5.29. The summed E-state index contributed by atoms with van der Waals surface area (Å²) in [5, 5.41) is 0. The molecule has 2 atom stereocenters. The molecule has 0 aliphatic heterocycles. The van der Waals surface area contributed by atoms with Crippen molar-refractivity contribution in [3.8, 4) is 5.75 Å². The number of carbonyl (C=O) groups excluding carboxylic acids is 1. The zero-order chi connectivity index (χ0) is 21.9. The number of carbonyl (C=O) groups is 1. The van der Waals surface area contributed by atoms with Crippen LogP contribution in [-0.4, -0.2) is 25.1 Å². The summed E-state index contributed by atoms with van der Waals surface area (Å²) in [6.45, 7) is 2.36. The third-order valence-corrected chi connectivity index (χ3v) is 6.98. The molecule has 3 heteroatoms. The highest BCUT2D eigenvalue weighted by Crippen LogP contribution is 2.46. The van der Waals surface area contributed by atoms with Crippen LogP contribution in [0.5, 0.6) is 5.75 Å². The van der Waals surface area contributed by atoms with Gasteiger partial charge in [0.1, 0.15) is 24.7 Å². The lowest BCUT2D eigenvalue weighted by Gasteiger charge is -2.36. The molecule has 0 radical (unpaired) electrons. The number of hydrogen-bond acceptors (Lipinski definition) is 3. The van der Waals surface area contributed by atoms with Gasteiger partial charge in [0.05, 0.1) is 6.10 Å². The summed E-state index contributed by atoms with van der Waals surface area (Å²) in [4.78, 5) is 10.4. The van der Waals surface area contributed by atoms with Crippen LogP contribution >= 0.6 is 0 Å². The first kappa shape index (κ1) is 21.0. The predicted molar refractivity (Wildman–Crippen MR) is 126 cm³/mol. The van der Waals surface area contributed by atoms with Gasteiger partial charge in [-0.2, -0.15) is 0 Å². The standard InChI is InChI=1S/C29H30O3/c1-20-7-13-28-23(17-20)10-14-27(21-5-3-2-4-6-21)29(28)22-8-11-24(12-9-22)32-26-18-25(19-26)31-16-15-30/h2-9,11-13,15,17,25-27,29H,10,14,16,18-19H2,1H3/t25?,26?,27-,29+/m1/s1. The number of aldehydes is 1. The topological polar surface area (TPSA) is 35.5 Å². The Hall–Kier alpha value is -2.91. The van der Waals surface area contributed by atoms with Crippen LogP contribution in [0.15, 0.2) is 72.8 Å². The van der Waals surface area contributed by atoms with E-state index >= 15 is 0 Å². The van der Waals surface area contributed by atoms with Crippen LogP contribution in [0.1, 0.15) is 58.9 Å². The number of hydrogen-bond donors (Lipinski definition) is 0. The largest absolute Gasteiger partial charge is 0.490 e. The Balaban J connectivity index is 1.37. The molecule has 0 heterocycles. The van der Waals surface area contributed by atoms with Gasteiger partial charge in [-0.05, 0) is 60.1 Å². The van der Waals surface area contributed by atoms with Gasteiger partial charge in [-0.3, -0.25) is 0 Å². The summed E-state index contributed by atoms with van der Waals surface area (Å²) in [5.74, 6) is 1.73. The molecule has 2 aliphatic rings. The van der Waals surface area contributed by atoms with Crippen molar-refractivity contribution in [2.75, 3.05) is 6.61 Å². The molecule has 3 aromatic rings. The van der Waals surface area contributed by atoms with Crippen LogP contribution in [0.25, 0.3) is 0 Å². The van der Waals surface area contributed by atoms with Crippen molar-refractivity contribution in [3.05, 3.63) is 101 Å². The highest BCUT2D eigenvalue weighted by atomic mass is 16.5. The summed E-state index contributed by atoms with van der Waals surface area (Å²) >= 11 is 0. The van der Waals surface area contributed by atoms with Crippen LogP contribution in [0.2, 0.25) is 0 Å². The van der Waals surface area contributed by atoms with Crippen molar-refractivity contribution in [1.29, 1.82) is 0 Å². The van der Waals surface area contributed by atoms with E-state index in [1.807, 2.05) is 0 Å². The fourth-order valence-corrected chi connectivity index (χ4v) is 5.29. The van der Waals surface area contributed by atoms with Gasteiger partial charge in [-0.25, -0.2) is 0 Å². The quantitative estimate of drug-likeness (QED) is 0.436. The maximum atomic E-state index is 10.4. The molecule has 1 fully saturated rings. The number of rotatable bonds is 7. The van der Waals surface area contributed by atoms with Gasteiger partial charge in [0.2, 0.25) is 0 Å². The SMILES string of the molecule is Cc1ccc2c(c1)CC[C@H](c1ccccc1)[C@@H]2c1ccc(OC2CC(OCC=O)C2)cc1. The number of aryl methyl sites for hydroxylation is 2. The van der Waals surface area contributed by atoms with Crippen molar-refractivity contribution in [2.24, 2.45) is 0 Å². The minimum atomic E-state index is 0.151. The lowest BCUT2D eigenvalue weighted by Crippen LogP contribution is -2.39. The number of ether oxygens (including phenoxy) is 2. The van der Waals surface area contributed by atoms with E-state index in [-0.39, 0.29) is 18.8 Å². The summed E-state index contributed by atoms with van der Waals surface area (Å²) in [6.07, 6.45) is 5.12. The first-order valence-electron chi connectivity index (χ1n) is 11.7. The third kappa shape index (κ3) is 4.35. The van der Waals surface area contributed by atoms with Gasteiger partial charge in [0.15, 0.2) is 0 Å². The summed E-state index contributed by atoms with van der Waals surface area (Å²) in [7, 11) is 0. The summed E-state index contributed by atoms with van der Waals surface area (Å²) in [6, 6.07) is 26.6. The van der Waals surface area contributed by atoms with Gasteiger partial charge in [-0.1, -0.05) is 66.2 Å². The van der Waals surface area contributed by atoms with Crippen molar-refractivity contribution in [3.63, 3.8) is 0 Å². The molecule has 3 nitrogen and oxygen atoms in total. The molecule has 0 spiro atoms. The zero-order valence-electron chi connectivity index (χ0n) is 18.6. The van der Waals surface area contributed by atoms with E-state index in [0.717, 1.165) is 37.7 Å². The van der Waals surface area contributed by atoms with Gasteiger partial charge in [-0.15, -0.1) is 0 Å². The van der Waals surface area contributed by atoms with Gasteiger partial charge in [0, 0.05) is 18.8 Å². The van der Waals surface area contributed by atoms with Crippen LogP contribution in [-0.2, 0) is 16.0 Å². The molecule has 0 aromatic heterocycles. The van der Waals surface area contributed by atoms with E-state index in [1.165, 1.54) is 27.8 Å². The molecule has 0 bridgehead atoms. The average molecular weight is 427 g/mol. The lowest BCUT2D eigenvalue weighted by atomic mass is 9.69. The number of benzene rings is 3. The molecule has 0 amide bonds. The molecule has 164 valence electrons. The lowest BCUT2D eigenvalue weighted by molar-refractivity contribution is -0.119. The maximum Gasteiger partial charge on any atom is 0.145 e. The molecule has 2 aliphatic carbocycles. The molecule has 3 aromatic carbocycles. The van der Waals surface area contributed by atoms with Gasteiger partial charge < -0.3 is 14.3 Å². The van der Waals surface area contributed by atoms with Crippen LogP contribution in [0, 0.1) is 6.92 Å². The Morgan fingerprint density at radius 2 is 1.69 bits per heavy atom. The van der Waals surface area contributed by atoms with E-state index in [9.17, 15) is 4.79 Å². The van der Waals surface area contributed by atoms with Crippen molar-refractivity contribution < 1.29 is 14.3 Å². The minimum absolute atomic E-state index is 0.151. The zero-order valence-corrected chi connectivity index (χ0v) is 18.6. The van der Waals surface area contributed by atoms with Gasteiger partial charge >= 0.3 is 0 Å². The predicted octanol–water partition coefficient (Wildman–Crippen LogP) is 5.98. The van der Waals surface area contributed by atoms with E-state index < -0.39 is 0 Å².